The zero-order valence-electron chi connectivity index (χ0n) is 14.4. The Kier molecular flexibility index (Phi) is 3.97. The molecule has 0 unspecified atom stereocenters. The Morgan fingerprint density at radius 1 is 1.31 bits per heavy atom. The predicted octanol–water partition coefficient (Wildman–Crippen LogP) is 1.82. The number of amides is 3. The summed E-state index contributed by atoms with van der Waals surface area (Å²) in [6, 6.07) is 4.21. The lowest BCUT2D eigenvalue weighted by atomic mass is 9.73. The first-order chi connectivity index (χ1) is 12.5. The van der Waals surface area contributed by atoms with Crippen molar-refractivity contribution in [1.29, 1.82) is 0 Å². The maximum Gasteiger partial charge on any atom is 0.331 e. The van der Waals surface area contributed by atoms with Crippen molar-refractivity contribution in [2.45, 2.75) is 38.1 Å². The van der Waals surface area contributed by atoms with Crippen molar-refractivity contribution in [3.63, 3.8) is 0 Å². The Morgan fingerprint density at radius 3 is 2.92 bits per heavy atom. The fraction of sp³-hybridized carbons (Fsp3) is 0.500. The molecule has 0 radical (unpaired) electrons. The number of nitrogens with zero attached hydrogens (tertiary/aromatic N) is 1. The number of hydrogen-bond acceptors (Lipinski definition) is 6. The van der Waals surface area contributed by atoms with E-state index in [-0.39, 0.29) is 24.4 Å². The van der Waals surface area contributed by atoms with Crippen LogP contribution in [0, 0.1) is 5.92 Å². The quantitative estimate of drug-likeness (QED) is 0.502. The molecule has 1 aliphatic carbocycles. The molecule has 1 aromatic rings. The highest BCUT2D eigenvalue weighted by molar-refractivity contribution is 6.09. The number of urea groups is 1. The second-order valence-corrected chi connectivity index (χ2v) is 6.93. The average molecular weight is 360 g/mol. The second kappa shape index (κ2) is 6.19. The molecule has 1 saturated carbocycles. The van der Waals surface area contributed by atoms with Crippen LogP contribution in [-0.2, 0) is 9.59 Å². The molecule has 2 fully saturated rings. The molecule has 4 rings (SSSR count). The minimum Gasteiger partial charge on any atom is -0.454 e. The molecule has 2 aliphatic heterocycles. The van der Waals surface area contributed by atoms with E-state index in [0.29, 0.717) is 17.9 Å². The number of nitrogens with one attached hydrogen (secondary N) is 1. The summed E-state index contributed by atoms with van der Waals surface area (Å²) in [6.07, 6.45) is 3.40. The van der Waals surface area contributed by atoms with Crippen LogP contribution < -0.4 is 19.5 Å². The maximum absolute atomic E-state index is 12.8. The summed E-state index contributed by atoms with van der Waals surface area (Å²) in [7, 11) is 0. The molecule has 1 aromatic carbocycles. The zero-order chi connectivity index (χ0) is 18.3. The van der Waals surface area contributed by atoms with E-state index in [0.717, 1.165) is 24.2 Å². The van der Waals surface area contributed by atoms with Gasteiger partial charge >= 0.3 is 12.0 Å². The van der Waals surface area contributed by atoms with Crippen molar-refractivity contribution < 1.29 is 28.6 Å². The van der Waals surface area contributed by atoms with E-state index in [1.54, 1.807) is 12.1 Å². The second-order valence-electron chi connectivity index (χ2n) is 6.93. The van der Waals surface area contributed by atoms with Crippen LogP contribution in [0.2, 0.25) is 0 Å². The summed E-state index contributed by atoms with van der Waals surface area (Å²) >= 11 is 0. The fourth-order valence-electron chi connectivity index (χ4n) is 3.87. The molecule has 2 atom stereocenters. The summed E-state index contributed by atoms with van der Waals surface area (Å²) in [5.74, 6) is 0.354. The van der Waals surface area contributed by atoms with Crippen molar-refractivity contribution in [3.8, 4) is 17.2 Å². The van der Waals surface area contributed by atoms with Crippen LogP contribution in [0.3, 0.4) is 0 Å². The monoisotopic (exact) mass is 360 g/mol. The Labute approximate surface area is 150 Å². The fourth-order valence-corrected chi connectivity index (χ4v) is 3.87. The third-order valence-electron chi connectivity index (χ3n) is 5.36. The Morgan fingerprint density at radius 2 is 2.12 bits per heavy atom. The predicted molar refractivity (Wildman–Crippen MR) is 88.8 cm³/mol. The number of imide groups is 1. The van der Waals surface area contributed by atoms with E-state index in [9.17, 15) is 14.4 Å². The Bertz CT molecular complexity index is 779. The van der Waals surface area contributed by atoms with Gasteiger partial charge in [0.1, 0.15) is 17.8 Å². The van der Waals surface area contributed by atoms with E-state index in [1.807, 2.05) is 6.92 Å². The van der Waals surface area contributed by atoms with Gasteiger partial charge in [-0.25, -0.2) is 9.59 Å². The Hall–Kier alpha value is -2.77. The molecule has 2 heterocycles. The number of esters is 1. The van der Waals surface area contributed by atoms with Gasteiger partial charge in [-0.1, -0.05) is 19.8 Å². The third-order valence-corrected chi connectivity index (χ3v) is 5.36. The molecule has 8 heteroatoms. The van der Waals surface area contributed by atoms with Gasteiger partial charge < -0.3 is 19.5 Å². The number of fused-ring (bicyclic) bond motifs is 1. The van der Waals surface area contributed by atoms with Gasteiger partial charge in [-0.05, 0) is 30.9 Å². The van der Waals surface area contributed by atoms with Gasteiger partial charge in [-0.15, -0.1) is 0 Å². The molecule has 1 spiro atoms. The number of benzene rings is 1. The SMILES string of the molecule is C[C@H]1CCCC[C@@]12NC(=O)N(CC(=O)Oc1ccc3c(c1)OCO3)C2=O. The van der Waals surface area contributed by atoms with Crippen LogP contribution in [-0.4, -0.2) is 41.7 Å². The molecule has 1 saturated heterocycles. The normalized spacial score (nSPS) is 27.0. The van der Waals surface area contributed by atoms with E-state index in [1.165, 1.54) is 6.07 Å². The van der Waals surface area contributed by atoms with Gasteiger partial charge in [-0.3, -0.25) is 9.69 Å². The molecule has 3 amide bonds. The summed E-state index contributed by atoms with van der Waals surface area (Å²) in [6.45, 7) is 1.66. The topological polar surface area (TPSA) is 94.2 Å². The van der Waals surface area contributed by atoms with E-state index < -0.39 is 24.1 Å². The largest absolute Gasteiger partial charge is 0.454 e. The summed E-state index contributed by atoms with van der Waals surface area (Å²) in [5.41, 5.74) is -0.881. The molecule has 26 heavy (non-hydrogen) atoms. The van der Waals surface area contributed by atoms with E-state index >= 15 is 0 Å². The molecule has 8 nitrogen and oxygen atoms in total. The van der Waals surface area contributed by atoms with E-state index in [2.05, 4.69) is 5.32 Å². The lowest BCUT2D eigenvalue weighted by Crippen LogP contribution is -2.54. The highest BCUT2D eigenvalue weighted by atomic mass is 16.7. The third kappa shape index (κ3) is 2.65. The van der Waals surface area contributed by atoms with Gasteiger partial charge in [0, 0.05) is 6.07 Å². The maximum atomic E-state index is 12.8. The first-order valence-electron chi connectivity index (χ1n) is 8.74. The number of ether oxygens (including phenoxy) is 3. The van der Waals surface area contributed by atoms with Crippen molar-refractivity contribution >= 4 is 17.9 Å². The Balaban J connectivity index is 1.44. The average Bonchev–Trinajstić information content (AvgIpc) is 3.16. The first kappa shape index (κ1) is 16.7. The van der Waals surface area contributed by atoms with Crippen LogP contribution in [0.4, 0.5) is 4.79 Å². The zero-order valence-corrected chi connectivity index (χ0v) is 14.4. The van der Waals surface area contributed by atoms with Crippen LogP contribution in [0.15, 0.2) is 18.2 Å². The smallest absolute Gasteiger partial charge is 0.331 e. The first-order valence-corrected chi connectivity index (χ1v) is 8.74. The molecule has 1 N–H and O–H groups in total. The van der Waals surface area contributed by atoms with Gasteiger partial charge in [0.05, 0.1) is 0 Å². The lowest BCUT2D eigenvalue weighted by molar-refractivity contribution is -0.142. The molecule has 138 valence electrons. The number of carbonyl (C=O) groups is 3. The van der Waals surface area contributed by atoms with Crippen LogP contribution in [0.1, 0.15) is 32.6 Å². The van der Waals surface area contributed by atoms with Crippen molar-refractivity contribution in [1.82, 2.24) is 10.2 Å². The van der Waals surface area contributed by atoms with Gasteiger partial charge in [0.25, 0.3) is 5.91 Å². The highest BCUT2D eigenvalue weighted by Gasteiger charge is 2.55. The van der Waals surface area contributed by atoms with Crippen LogP contribution >= 0.6 is 0 Å². The summed E-state index contributed by atoms with van der Waals surface area (Å²) in [4.78, 5) is 38.3. The standard InChI is InChI=1S/C18H20N2O6/c1-11-4-2-3-7-18(11)16(22)20(17(23)19-18)9-15(21)26-12-5-6-13-14(8-12)25-10-24-13/h5-6,8,11H,2-4,7,9-10H2,1H3,(H,19,23)/t11-,18+/m0/s1. The minimum atomic E-state index is -0.881. The van der Waals surface area contributed by atoms with Gasteiger partial charge in [0.15, 0.2) is 11.5 Å². The molecule has 0 aromatic heterocycles. The van der Waals surface area contributed by atoms with Gasteiger partial charge in [-0.2, -0.15) is 0 Å². The number of rotatable bonds is 3. The minimum absolute atomic E-state index is 0.0441. The molecule has 3 aliphatic rings. The van der Waals surface area contributed by atoms with Crippen LogP contribution in [0.5, 0.6) is 17.2 Å². The van der Waals surface area contributed by atoms with Crippen molar-refractivity contribution in [2.24, 2.45) is 5.92 Å². The summed E-state index contributed by atoms with van der Waals surface area (Å²) < 4.78 is 15.7. The van der Waals surface area contributed by atoms with Crippen molar-refractivity contribution in [2.75, 3.05) is 13.3 Å². The van der Waals surface area contributed by atoms with E-state index in [4.69, 9.17) is 14.2 Å². The molecule has 0 bridgehead atoms. The highest BCUT2D eigenvalue weighted by Crippen LogP contribution is 2.38. The van der Waals surface area contributed by atoms with Crippen LogP contribution in [0.25, 0.3) is 0 Å². The summed E-state index contributed by atoms with van der Waals surface area (Å²) in [5, 5.41) is 2.82. The molecular weight excluding hydrogens is 340 g/mol. The van der Waals surface area contributed by atoms with Crippen molar-refractivity contribution in [3.05, 3.63) is 18.2 Å². The lowest BCUT2D eigenvalue weighted by Gasteiger charge is -2.36. The molecular formula is C18H20N2O6. The number of carbonyl (C=O) groups excluding carboxylic acids is 3. The van der Waals surface area contributed by atoms with Gasteiger partial charge in [0.2, 0.25) is 6.79 Å². The number of hydrogen-bond donors (Lipinski definition) is 1.